The molecule has 0 aromatic carbocycles. The quantitative estimate of drug-likeness (QED) is 0.549. The van der Waals surface area contributed by atoms with Crippen LogP contribution in [0, 0.1) is 5.41 Å². The van der Waals surface area contributed by atoms with E-state index < -0.39 is 6.23 Å². The Bertz CT molecular complexity index is 144. The Morgan fingerprint density at radius 2 is 1.71 bits per heavy atom. The SMILES string of the molecule is CCC(C)(CC)CC(O)CNC(C)O. The lowest BCUT2D eigenvalue weighted by Gasteiger charge is -2.29. The molecule has 0 rings (SSSR count). The molecule has 0 spiro atoms. The largest absolute Gasteiger partial charge is 0.392 e. The van der Waals surface area contributed by atoms with Crippen molar-refractivity contribution in [2.75, 3.05) is 6.54 Å². The molecule has 3 heteroatoms. The third kappa shape index (κ3) is 5.58. The number of aliphatic hydroxyl groups is 2. The first-order valence-corrected chi connectivity index (χ1v) is 5.53. The van der Waals surface area contributed by atoms with Crippen LogP contribution in [0.2, 0.25) is 0 Å². The van der Waals surface area contributed by atoms with Gasteiger partial charge in [-0.05, 0) is 18.8 Å². The van der Waals surface area contributed by atoms with Crippen molar-refractivity contribution in [2.45, 2.75) is 59.3 Å². The number of aliphatic hydroxyl groups excluding tert-OH is 2. The lowest BCUT2D eigenvalue weighted by Crippen LogP contribution is -2.36. The Morgan fingerprint density at radius 1 is 1.21 bits per heavy atom. The Labute approximate surface area is 87.5 Å². The van der Waals surface area contributed by atoms with Crippen LogP contribution >= 0.6 is 0 Å². The molecule has 0 amide bonds. The zero-order chi connectivity index (χ0) is 11.2. The molecule has 0 aliphatic rings. The van der Waals surface area contributed by atoms with E-state index in [9.17, 15) is 5.11 Å². The van der Waals surface area contributed by atoms with E-state index in [1.54, 1.807) is 6.92 Å². The third-order valence-corrected chi connectivity index (χ3v) is 3.08. The second-order valence-electron chi connectivity index (χ2n) is 4.46. The van der Waals surface area contributed by atoms with Gasteiger partial charge in [-0.25, -0.2) is 0 Å². The second kappa shape index (κ2) is 6.38. The van der Waals surface area contributed by atoms with Crippen molar-refractivity contribution in [2.24, 2.45) is 5.41 Å². The fourth-order valence-corrected chi connectivity index (χ4v) is 1.49. The number of hydrogen-bond donors (Lipinski definition) is 3. The molecule has 3 N–H and O–H groups in total. The smallest absolute Gasteiger partial charge is 0.102 e. The van der Waals surface area contributed by atoms with E-state index in [1.807, 2.05) is 0 Å². The normalized spacial score (nSPS) is 16.7. The van der Waals surface area contributed by atoms with Gasteiger partial charge in [-0.1, -0.05) is 33.6 Å². The standard InChI is InChI=1S/C11H25NO2/c1-5-11(4,6-2)7-10(14)8-12-9(3)13/h9-10,12-14H,5-8H2,1-4H3. The first kappa shape index (κ1) is 13.9. The summed E-state index contributed by atoms with van der Waals surface area (Å²) in [7, 11) is 0. The van der Waals surface area contributed by atoms with Crippen molar-refractivity contribution in [1.82, 2.24) is 5.32 Å². The van der Waals surface area contributed by atoms with Crippen LogP contribution in [0.15, 0.2) is 0 Å². The van der Waals surface area contributed by atoms with Crippen LogP contribution in [0.4, 0.5) is 0 Å². The maximum atomic E-state index is 9.72. The number of nitrogens with one attached hydrogen (secondary N) is 1. The molecule has 0 heterocycles. The van der Waals surface area contributed by atoms with Crippen molar-refractivity contribution in [1.29, 1.82) is 0 Å². The van der Waals surface area contributed by atoms with E-state index in [0.29, 0.717) is 6.54 Å². The van der Waals surface area contributed by atoms with E-state index in [0.717, 1.165) is 19.3 Å². The summed E-state index contributed by atoms with van der Waals surface area (Å²) >= 11 is 0. The predicted molar refractivity (Wildman–Crippen MR) is 59.0 cm³/mol. The minimum atomic E-state index is -0.542. The van der Waals surface area contributed by atoms with Gasteiger partial charge in [0.05, 0.1) is 6.10 Å². The average molecular weight is 203 g/mol. The Kier molecular flexibility index (Phi) is 6.33. The van der Waals surface area contributed by atoms with Crippen LogP contribution in [0.25, 0.3) is 0 Å². The maximum absolute atomic E-state index is 9.72. The molecule has 0 bridgehead atoms. The van der Waals surface area contributed by atoms with Crippen molar-refractivity contribution < 1.29 is 10.2 Å². The molecule has 2 atom stereocenters. The van der Waals surface area contributed by atoms with Crippen LogP contribution in [0.3, 0.4) is 0 Å². The molecule has 0 aromatic heterocycles. The molecule has 0 radical (unpaired) electrons. The van der Waals surface area contributed by atoms with Crippen molar-refractivity contribution >= 4 is 0 Å². The van der Waals surface area contributed by atoms with Crippen LogP contribution < -0.4 is 5.32 Å². The fraction of sp³-hybridized carbons (Fsp3) is 1.00. The van der Waals surface area contributed by atoms with E-state index in [1.165, 1.54) is 0 Å². The Hall–Kier alpha value is -0.120. The Balaban J connectivity index is 3.85. The summed E-state index contributed by atoms with van der Waals surface area (Å²) in [5.41, 5.74) is 0.222. The van der Waals surface area contributed by atoms with Gasteiger partial charge in [-0.15, -0.1) is 0 Å². The first-order chi connectivity index (χ1) is 6.43. The second-order valence-corrected chi connectivity index (χ2v) is 4.46. The average Bonchev–Trinajstić information content (AvgIpc) is 2.14. The maximum Gasteiger partial charge on any atom is 0.102 e. The minimum absolute atomic E-state index is 0.222. The van der Waals surface area contributed by atoms with E-state index >= 15 is 0 Å². The summed E-state index contributed by atoms with van der Waals surface area (Å²) in [6.07, 6.45) is 2.04. The van der Waals surface area contributed by atoms with Gasteiger partial charge in [0.2, 0.25) is 0 Å². The highest BCUT2D eigenvalue weighted by atomic mass is 16.3. The van der Waals surface area contributed by atoms with Gasteiger partial charge >= 0.3 is 0 Å². The van der Waals surface area contributed by atoms with Gasteiger partial charge in [-0.3, -0.25) is 5.32 Å². The summed E-state index contributed by atoms with van der Waals surface area (Å²) in [6.45, 7) is 8.62. The fourth-order valence-electron chi connectivity index (χ4n) is 1.49. The van der Waals surface area contributed by atoms with Crippen LogP contribution in [0.5, 0.6) is 0 Å². The highest BCUT2D eigenvalue weighted by Crippen LogP contribution is 2.30. The third-order valence-electron chi connectivity index (χ3n) is 3.08. The molecule has 3 nitrogen and oxygen atoms in total. The van der Waals surface area contributed by atoms with Crippen molar-refractivity contribution in [3.8, 4) is 0 Å². The molecule has 86 valence electrons. The molecule has 0 aliphatic heterocycles. The zero-order valence-electron chi connectivity index (χ0n) is 9.88. The minimum Gasteiger partial charge on any atom is -0.392 e. The highest BCUT2D eigenvalue weighted by molar-refractivity contribution is 4.76. The molecule has 0 saturated carbocycles. The predicted octanol–water partition coefficient (Wildman–Crippen LogP) is 1.49. The first-order valence-electron chi connectivity index (χ1n) is 5.53. The molecule has 2 unspecified atom stereocenters. The molecular weight excluding hydrogens is 178 g/mol. The molecule has 0 saturated heterocycles. The van der Waals surface area contributed by atoms with E-state index in [4.69, 9.17) is 5.11 Å². The van der Waals surface area contributed by atoms with Gasteiger partial charge < -0.3 is 10.2 Å². The summed E-state index contributed by atoms with van der Waals surface area (Å²) in [5, 5.41) is 21.5. The van der Waals surface area contributed by atoms with Crippen LogP contribution in [-0.4, -0.2) is 29.1 Å². The molecule has 0 fully saturated rings. The number of rotatable bonds is 7. The van der Waals surface area contributed by atoms with Gasteiger partial charge in [-0.2, -0.15) is 0 Å². The molecule has 0 aliphatic carbocycles. The number of hydrogen-bond acceptors (Lipinski definition) is 3. The van der Waals surface area contributed by atoms with Gasteiger partial charge in [0.15, 0.2) is 0 Å². The lowest BCUT2D eigenvalue weighted by molar-refractivity contribution is 0.0757. The van der Waals surface area contributed by atoms with E-state index in [2.05, 4.69) is 26.1 Å². The lowest BCUT2D eigenvalue weighted by atomic mass is 9.79. The molecular formula is C11H25NO2. The van der Waals surface area contributed by atoms with Crippen LogP contribution in [0.1, 0.15) is 47.0 Å². The highest BCUT2D eigenvalue weighted by Gasteiger charge is 2.23. The summed E-state index contributed by atoms with van der Waals surface area (Å²) in [6, 6.07) is 0. The summed E-state index contributed by atoms with van der Waals surface area (Å²) < 4.78 is 0. The van der Waals surface area contributed by atoms with Crippen molar-refractivity contribution in [3.63, 3.8) is 0 Å². The molecule has 0 aromatic rings. The van der Waals surface area contributed by atoms with Crippen LogP contribution in [-0.2, 0) is 0 Å². The van der Waals surface area contributed by atoms with Gasteiger partial charge in [0.25, 0.3) is 0 Å². The Morgan fingerprint density at radius 3 is 2.07 bits per heavy atom. The summed E-state index contributed by atoms with van der Waals surface area (Å²) in [5.74, 6) is 0. The monoisotopic (exact) mass is 203 g/mol. The zero-order valence-corrected chi connectivity index (χ0v) is 9.88. The van der Waals surface area contributed by atoms with Gasteiger partial charge in [0, 0.05) is 6.54 Å². The molecule has 14 heavy (non-hydrogen) atoms. The van der Waals surface area contributed by atoms with Gasteiger partial charge in [0.1, 0.15) is 6.23 Å². The topological polar surface area (TPSA) is 52.5 Å². The van der Waals surface area contributed by atoms with E-state index in [-0.39, 0.29) is 11.5 Å². The van der Waals surface area contributed by atoms with Crippen molar-refractivity contribution in [3.05, 3.63) is 0 Å². The summed E-state index contributed by atoms with van der Waals surface area (Å²) in [4.78, 5) is 0.